The van der Waals surface area contributed by atoms with Crippen molar-refractivity contribution in [1.82, 2.24) is 0 Å². The first-order chi connectivity index (χ1) is 12.1. The Morgan fingerprint density at radius 2 is 1.80 bits per heavy atom. The Bertz CT molecular complexity index is 750. The molecule has 0 bridgehead atoms. The van der Waals surface area contributed by atoms with Gasteiger partial charge in [0, 0.05) is 11.6 Å². The molecule has 0 unspecified atom stereocenters. The third-order valence-electron chi connectivity index (χ3n) is 3.34. The summed E-state index contributed by atoms with van der Waals surface area (Å²) < 4.78 is 15.7. The maximum Gasteiger partial charge on any atom is 0.331 e. The molecule has 0 N–H and O–H groups in total. The molecule has 5 nitrogen and oxygen atoms in total. The van der Waals surface area contributed by atoms with Gasteiger partial charge in [0.25, 0.3) is 0 Å². The molecule has 0 spiro atoms. The van der Waals surface area contributed by atoms with Crippen LogP contribution in [0.15, 0.2) is 54.6 Å². The van der Waals surface area contributed by atoms with Gasteiger partial charge in [-0.3, -0.25) is 4.79 Å². The molecular formula is C20H20O5. The molecule has 0 aliphatic rings. The first-order valence-corrected chi connectivity index (χ1v) is 7.88. The molecule has 130 valence electrons. The maximum atomic E-state index is 11.9. The fraction of sp³-hybridized carbons (Fsp3) is 0.200. The van der Waals surface area contributed by atoms with Crippen LogP contribution in [0.4, 0.5) is 0 Å². The Labute approximate surface area is 146 Å². The topological polar surface area (TPSA) is 61.8 Å². The number of carbonyl (C=O) groups excluding carboxylic acids is 2. The highest BCUT2D eigenvalue weighted by atomic mass is 16.5. The monoisotopic (exact) mass is 340 g/mol. The van der Waals surface area contributed by atoms with Crippen molar-refractivity contribution in [3.63, 3.8) is 0 Å². The predicted octanol–water partition coefficient (Wildman–Crippen LogP) is 3.53. The van der Waals surface area contributed by atoms with Gasteiger partial charge in [-0.25, -0.2) is 4.79 Å². The summed E-state index contributed by atoms with van der Waals surface area (Å²) in [4.78, 5) is 23.6. The molecule has 2 rings (SSSR count). The molecule has 0 saturated carbocycles. The second kappa shape index (κ2) is 9.27. The van der Waals surface area contributed by atoms with Gasteiger partial charge in [-0.05, 0) is 30.7 Å². The Morgan fingerprint density at radius 3 is 2.48 bits per heavy atom. The van der Waals surface area contributed by atoms with Crippen LogP contribution in [0.25, 0.3) is 6.08 Å². The van der Waals surface area contributed by atoms with E-state index in [2.05, 4.69) is 0 Å². The SMILES string of the molecule is CCOc1ccc(/C=C/C(=O)OCC(=O)c2ccccc2)cc1OC. The number of ketones is 1. The van der Waals surface area contributed by atoms with Gasteiger partial charge < -0.3 is 14.2 Å². The molecule has 5 heteroatoms. The van der Waals surface area contributed by atoms with E-state index in [1.807, 2.05) is 13.0 Å². The summed E-state index contributed by atoms with van der Waals surface area (Å²) in [7, 11) is 1.55. The minimum atomic E-state index is -0.586. The Hall–Kier alpha value is -3.08. The first kappa shape index (κ1) is 18.3. The number of ether oxygens (including phenoxy) is 3. The van der Waals surface area contributed by atoms with Crippen molar-refractivity contribution in [1.29, 1.82) is 0 Å². The lowest BCUT2D eigenvalue weighted by molar-refractivity contribution is -0.136. The highest BCUT2D eigenvalue weighted by molar-refractivity contribution is 5.98. The summed E-state index contributed by atoms with van der Waals surface area (Å²) in [6, 6.07) is 14.0. The third-order valence-corrected chi connectivity index (χ3v) is 3.34. The normalized spacial score (nSPS) is 10.5. The number of esters is 1. The van der Waals surface area contributed by atoms with Crippen LogP contribution in [0, 0.1) is 0 Å². The van der Waals surface area contributed by atoms with Crippen LogP contribution < -0.4 is 9.47 Å². The number of Topliss-reactive ketones (excluding diaryl/α,β-unsaturated/α-hetero) is 1. The van der Waals surface area contributed by atoms with Crippen molar-refractivity contribution in [3.8, 4) is 11.5 Å². The highest BCUT2D eigenvalue weighted by Crippen LogP contribution is 2.28. The van der Waals surface area contributed by atoms with Crippen LogP contribution in [-0.4, -0.2) is 32.1 Å². The van der Waals surface area contributed by atoms with Gasteiger partial charge in [0.05, 0.1) is 13.7 Å². The average molecular weight is 340 g/mol. The van der Waals surface area contributed by atoms with Crippen molar-refractivity contribution in [2.24, 2.45) is 0 Å². The van der Waals surface area contributed by atoms with E-state index >= 15 is 0 Å². The minimum absolute atomic E-state index is 0.245. The van der Waals surface area contributed by atoms with E-state index in [-0.39, 0.29) is 12.4 Å². The van der Waals surface area contributed by atoms with E-state index in [1.165, 1.54) is 6.08 Å². The van der Waals surface area contributed by atoms with Crippen molar-refractivity contribution in [2.75, 3.05) is 20.3 Å². The molecule has 0 heterocycles. The van der Waals surface area contributed by atoms with E-state index in [0.717, 1.165) is 5.56 Å². The van der Waals surface area contributed by atoms with Crippen LogP contribution in [0.1, 0.15) is 22.8 Å². The molecule has 0 amide bonds. The van der Waals surface area contributed by atoms with Crippen LogP contribution in [-0.2, 0) is 9.53 Å². The van der Waals surface area contributed by atoms with Crippen LogP contribution in [0.3, 0.4) is 0 Å². The van der Waals surface area contributed by atoms with Gasteiger partial charge in [0.1, 0.15) is 0 Å². The molecule has 0 fully saturated rings. The zero-order chi connectivity index (χ0) is 18.1. The lowest BCUT2D eigenvalue weighted by Gasteiger charge is -2.09. The first-order valence-electron chi connectivity index (χ1n) is 7.88. The van der Waals surface area contributed by atoms with Crippen molar-refractivity contribution < 1.29 is 23.8 Å². The second-order valence-corrected chi connectivity index (χ2v) is 5.07. The molecule has 0 aliphatic heterocycles. The Kier molecular flexibility index (Phi) is 6.77. The number of carbonyl (C=O) groups is 2. The largest absolute Gasteiger partial charge is 0.493 e. The third kappa shape index (κ3) is 5.49. The fourth-order valence-corrected chi connectivity index (χ4v) is 2.12. The Balaban J connectivity index is 1.92. The van der Waals surface area contributed by atoms with Crippen LogP contribution in [0.2, 0.25) is 0 Å². The lowest BCUT2D eigenvalue weighted by Crippen LogP contribution is -2.12. The van der Waals surface area contributed by atoms with Gasteiger partial charge in [-0.1, -0.05) is 36.4 Å². The highest BCUT2D eigenvalue weighted by Gasteiger charge is 2.08. The lowest BCUT2D eigenvalue weighted by atomic mass is 10.1. The smallest absolute Gasteiger partial charge is 0.331 e. The summed E-state index contributed by atoms with van der Waals surface area (Å²) in [5.74, 6) is 0.386. The van der Waals surface area contributed by atoms with E-state index in [1.54, 1.807) is 55.7 Å². The van der Waals surface area contributed by atoms with Crippen molar-refractivity contribution in [3.05, 3.63) is 65.7 Å². The average Bonchev–Trinajstić information content (AvgIpc) is 2.66. The molecule has 2 aromatic carbocycles. The summed E-state index contributed by atoms with van der Waals surface area (Å²) in [6.45, 7) is 2.13. The Morgan fingerprint density at radius 1 is 1.04 bits per heavy atom. The molecule has 0 atom stereocenters. The van der Waals surface area contributed by atoms with E-state index in [0.29, 0.717) is 23.7 Å². The fourth-order valence-electron chi connectivity index (χ4n) is 2.12. The standard InChI is InChI=1S/C20H20O5/c1-3-24-18-11-9-15(13-19(18)23-2)10-12-20(22)25-14-17(21)16-7-5-4-6-8-16/h4-13H,3,14H2,1-2H3/b12-10+. The molecule has 0 aliphatic carbocycles. The molecule has 25 heavy (non-hydrogen) atoms. The predicted molar refractivity (Wildman–Crippen MR) is 94.9 cm³/mol. The molecule has 0 radical (unpaired) electrons. The van der Waals surface area contributed by atoms with Gasteiger partial charge in [0.2, 0.25) is 0 Å². The van der Waals surface area contributed by atoms with Crippen LogP contribution in [0.5, 0.6) is 11.5 Å². The van der Waals surface area contributed by atoms with Gasteiger partial charge in [-0.2, -0.15) is 0 Å². The number of benzene rings is 2. The summed E-state index contributed by atoms with van der Waals surface area (Å²) in [5.41, 5.74) is 1.27. The quantitative estimate of drug-likeness (QED) is 0.418. The van der Waals surface area contributed by atoms with Crippen LogP contribution >= 0.6 is 0 Å². The minimum Gasteiger partial charge on any atom is -0.493 e. The second-order valence-electron chi connectivity index (χ2n) is 5.07. The van der Waals surface area contributed by atoms with Crippen molar-refractivity contribution >= 4 is 17.8 Å². The van der Waals surface area contributed by atoms with E-state index < -0.39 is 5.97 Å². The van der Waals surface area contributed by atoms with Crippen molar-refractivity contribution in [2.45, 2.75) is 6.92 Å². The molecule has 2 aromatic rings. The molecule has 0 aromatic heterocycles. The molecule has 0 saturated heterocycles. The number of hydrogen-bond acceptors (Lipinski definition) is 5. The summed E-state index contributed by atoms with van der Waals surface area (Å²) >= 11 is 0. The molecular weight excluding hydrogens is 320 g/mol. The van der Waals surface area contributed by atoms with Gasteiger partial charge in [-0.15, -0.1) is 0 Å². The van der Waals surface area contributed by atoms with E-state index in [4.69, 9.17) is 14.2 Å². The summed E-state index contributed by atoms with van der Waals surface area (Å²) in [6.07, 6.45) is 2.86. The number of rotatable bonds is 8. The zero-order valence-electron chi connectivity index (χ0n) is 14.2. The van der Waals surface area contributed by atoms with E-state index in [9.17, 15) is 9.59 Å². The van der Waals surface area contributed by atoms with Gasteiger partial charge >= 0.3 is 5.97 Å². The number of methoxy groups -OCH3 is 1. The zero-order valence-corrected chi connectivity index (χ0v) is 14.2. The maximum absolute atomic E-state index is 11.9. The number of hydrogen-bond donors (Lipinski definition) is 0. The summed E-state index contributed by atoms with van der Waals surface area (Å²) in [5, 5.41) is 0. The van der Waals surface area contributed by atoms with Gasteiger partial charge in [0.15, 0.2) is 23.9 Å².